The SMILES string of the molecule is CCCN(CCc1cccs1)CC(C)(C)CN. The van der Waals surface area contributed by atoms with Crippen molar-refractivity contribution in [2.75, 3.05) is 26.2 Å². The summed E-state index contributed by atoms with van der Waals surface area (Å²) in [6, 6.07) is 4.36. The molecule has 0 aliphatic rings. The summed E-state index contributed by atoms with van der Waals surface area (Å²) in [5.41, 5.74) is 6.04. The zero-order valence-electron chi connectivity index (χ0n) is 11.4. The van der Waals surface area contributed by atoms with Crippen LogP contribution in [0.1, 0.15) is 32.1 Å². The van der Waals surface area contributed by atoms with Crippen molar-refractivity contribution < 1.29 is 0 Å². The third-order valence-corrected chi connectivity index (χ3v) is 3.93. The minimum Gasteiger partial charge on any atom is -0.330 e. The fourth-order valence-corrected chi connectivity index (χ4v) is 2.68. The van der Waals surface area contributed by atoms with Crippen molar-refractivity contribution in [1.29, 1.82) is 0 Å². The van der Waals surface area contributed by atoms with Gasteiger partial charge in [-0.2, -0.15) is 0 Å². The Hall–Kier alpha value is -0.380. The van der Waals surface area contributed by atoms with Gasteiger partial charge in [-0.3, -0.25) is 0 Å². The Labute approximate surface area is 110 Å². The van der Waals surface area contributed by atoms with E-state index in [1.807, 2.05) is 11.3 Å². The van der Waals surface area contributed by atoms with Gasteiger partial charge in [0.05, 0.1) is 0 Å². The molecule has 98 valence electrons. The molecule has 0 radical (unpaired) electrons. The molecule has 1 heterocycles. The van der Waals surface area contributed by atoms with Crippen molar-refractivity contribution in [1.82, 2.24) is 4.90 Å². The molecule has 1 rings (SSSR count). The van der Waals surface area contributed by atoms with E-state index in [9.17, 15) is 0 Å². The normalized spacial score (nSPS) is 12.3. The van der Waals surface area contributed by atoms with Crippen LogP contribution in [0.2, 0.25) is 0 Å². The Balaban J connectivity index is 2.42. The average Bonchev–Trinajstić information content (AvgIpc) is 2.79. The number of hydrogen-bond donors (Lipinski definition) is 1. The molecule has 2 N–H and O–H groups in total. The molecule has 0 amide bonds. The van der Waals surface area contributed by atoms with Gasteiger partial charge in [0.1, 0.15) is 0 Å². The van der Waals surface area contributed by atoms with Crippen LogP contribution in [-0.2, 0) is 6.42 Å². The van der Waals surface area contributed by atoms with Crippen molar-refractivity contribution in [2.45, 2.75) is 33.6 Å². The molecule has 0 atom stereocenters. The minimum absolute atomic E-state index is 0.227. The van der Waals surface area contributed by atoms with Crippen LogP contribution in [-0.4, -0.2) is 31.1 Å². The summed E-state index contributed by atoms with van der Waals surface area (Å²) in [6.07, 6.45) is 2.38. The summed E-state index contributed by atoms with van der Waals surface area (Å²) < 4.78 is 0. The Morgan fingerprint density at radius 3 is 2.65 bits per heavy atom. The van der Waals surface area contributed by atoms with E-state index in [1.54, 1.807) is 0 Å². The van der Waals surface area contributed by atoms with Crippen molar-refractivity contribution in [2.24, 2.45) is 11.1 Å². The van der Waals surface area contributed by atoms with Gasteiger partial charge in [-0.25, -0.2) is 0 Å². The van der Waals surface area contributed by atoms with E-state index in [0.717, 1.165) is 26.1 Å². The molecule has 1 aromatic heterocycles. The van der Waals surface area contributed by atoms with E-state index in [4.69, 9.17) is 5.73 Å². The summed E-state index contributed by atoms with van der Waals surface area (Å²) in [5, 5.41) is 2.16. The molecule has 3 heteroatoms. The maximum Gasteiger partial charge on any atom is 0.00579 e. The van der Waals surface area contributed by atoms with Crippen LogP contribution < -0.4 is 5.73 Å². The molecule has 0 fully saturated rings. The molecule has 2 nitrogen and oxygen atoms in total. The third kappa shape index (κ3) is 5.66. The molecule has 0 aromatic carbocycles. The third-order valence-electron chi connectivity index (χ3n) is 3.00. The first-order valence-electron chi connectivity index (χ1n) is 6.52. The van der Waals surface area contributed by atoms with Gasteiger partial charge in [-0.15, -0.1) is 11.3 Å². The van der Waals surface area contributed by atoms with Crippen molar-refractivity contribution >= 4 is 11.3 Å². The van der Waals surface area contributed by atoms with Gasteiger partial charge in [0.25, 0.3) is 0 Å². The quantitative estimate of drug-likeness (QED) is 0.773. The Bertz CT molecular complexity index is 293. The van der Waals surface area contributed by atoms with E-state index >= 15 is 0 Å². The molecule has 0 saturated heterocycles. The lowest BCUT2D eigenvalue weighted by atomic mass is 9.93. The average molecular weight is 254 g/mol. The number of hydrogen-bond acceptors (Lipinski definition) is 3. The van der Waals surface area contributed by atoms with E-state index < -0.39 is 0 Å². The van der Waals surface area contributed by atoms with Crippen LogP contribution in [0.3, 0.4) is 0 Å². The number of nitrogens with two attached hydrogens (primary N) is 1. The van der Waals surface area contributed by atoms with Crippen molar-refractivity contribution in [3.63, 3.8) is 0 Å². The summed E-state index contributed by atoms with van der Waals surface area (Å²) in [7, 11) is 0. The first-order chi connectivity index (χ1) is 8.07. The zero-order valence-corrected chi connectivity index (χ0v) is 12.2. The van der Waals surface area contributed by atoms with Gasteiger partial charge in [0, 0.05) is 18.0 Å². The second kappa shape index (κ2) is 7.14. The maximum atomic E-state index is 5.82. The van der Waals surface area contributed by atoms with Gasteiger partial charge >= 0.3 is 0 Å². The first-order valence-corrected chi connectivity index (χ1v) is 7.40. The molecule has 0 spiro atoms. The van der Waals surface area contributed by atoms with Crippen LogP contribution in [0, 0.1) is 5.41 Å². The molecular formula is C14H26N2S. The Morgan fingerprint density at radius 2 is 2.12 bits per heavy atom. The standard InChI is InChI=1S/C14H26N2S/c1-4-8-16(12-14(2,3)11-15)9-7-13-6-5-10-17-13/h5-6,10H,4,7-9,11-12,15H2,1-3H3. The van der Waals surface area contributed by atoms with Crippen LogP contribution >= 0.6 is 11.3 Å². The lowest BCUT2D eigenvalue weighted by Crippen LogP contribution is -2.40. The van der Waals surface area contributed by atoms with E-state index in [0.29, 0.717) is 0 Å². The van der Waals surface area contributed by atoms with E-state index in [2.05, 4.69) is 43.2 Å². The highest BCUT2D eigenvalue weighted by Gasteiger charge is 2.19. The van der Waals surface area contributed by atoms with Crippen LogP contribution in [0.5, 0.6) is 0 Å². The number of thiophene rings is 1. The van der Waals surface area contributed by atoms with Crippen LogP contribution in [0.15, 0.2) is 17.5 Å². The van der Waals surface area contributed by atoms with Gasteiger partial charge in [0.15, 0.2) is 0 Å². The summed E-state index contributed by atoms with van der Waals surface area (Å²) in [6.45, 7) is 10.9. The molecule has 0 saturated carbocycles. The lowest BCUT2D eigenvalue weighted by Gasteiger charge is -2.31. The number of nitrogens with zero attached hydrogens (tertiary/aromatic N) is 1. The van der Waals surface area contributed by atoms with Gasteiger partial charge in [-0.1, -0.05) is 26.8 Å². The van der Waals surface area contributed by atoms with Gasteiger partial charge in [-0.05, 0) is 42.8 Å². The fraction of sp³-hybridized carbons (Fsp3) is 0.714. The topological polar surface area (TPSA) is 29.3 Å². The largest absolute Gasteiger partial charge is 0.330 e. The van der Waals surface area contributed by atoms with Gasteiger partial charge in [0.2, 0.25) is 0 Å². The van der Waals surface area contributed by atoms with Crippen LogP contribution in [0.4, 0.5) is 0 Å². The fourth-order valence-electron chi connectivity index (χ4n) is 1.98. The van der Waals surface area contributed by atoms with E-state index in [-0.39, 0.29) is 5.41 Å². The van der Waals surface area contributed by atoms with Crippen molar-refractivity contribution in [3.8, 4) is 0 Å². The van der Waals surface area contributed by atoms with Gasteiger partial charge < -0.3 is 10.6 Å². The molecule has 1 aromatic rings. The molecular weight excluding hydrogens is 228 g/mol. The van der Waals surface area contributed by atoms with Crippen LogP contribution in [0.25, 0.3) is 0 Å². The summed E-state index contributed by atoms with van der Waals surface area (Å²) in [5.74, 6) is 0. The lowest BCUT2D eigenvalue weighted by molar-refractivity contribution is 0.185. The highest BCUT2D eigenvalue weighted by atomic mass is 32.1. The maximum absolute atomic E-state index is 5.82. The zero-order chi connectivity index (χ0) is 12.7. The smallest absolute Gasteiger partial charge is 0.00579 e. The first kappa shape index (κ1) is 14.7. The predicted molar refractivity (Wildman–Crippen MR) is 77.6 cm³/mol. The van der Waals surface area contributed by atoms with Crippen molar-refractivity contribution in [3.05, 3.63) is 22.4 Å². The molecule has 0 bridgehead atoms. The highest BCUT2D eigenvalue weighted by molar-refractivity contribution is 7.09. The minimum atomic E-state index is 0.227. The Kier molecular flexibility index (Phi) is 6.17. The molecule has 17 heavy (non-hydrogen) atoms. The molecule has 0 unspecified atom stereocenters. The summed E-state index contributed by atoms with van der Waals surface area (Å²) in [4.78, 5) is 4.03. The number of rotatable bonds is 8. The predicted octanol–water partition coefficient (Wildman–Crippen LogP) is 2.99. The second-order valence-electron chi connectivity index (χ2n) is 5.47. The highest BCUT2D eigenvalue weighted by Crippen LogP contribution is 2.16. The molecule has 0 aliphatic heterocycles. The molecule has 0 aliphatic carbocycles. The van der Waals surface area contributed by atoms with E-state index in [1.165, 1.54) is 17.8 Å². The summed E-state index contributed by atoms with van der Waals surface area (Å²) >= 11 is 1.86. The second-order valence-corrected chi connectivity index (χ2v) is 6.51. The Morgan fingerprint density at radius 1 is 1.35 bits per heavy atom. The monoisotopic (exact) mass is 254 g/mol.